The fourth-order valence-corrected chi connectivity index (χ4v) is 3.21. The van der Waals surface area contributed by atoms with E-state index in [0.717, 1.165) is 27.0 Å². The predicted molar refractivity (Wildman–Crippen MR) is 81.1 cm³/mol. The van der Waals surface area contributed by atoms with Crippen molar-refractivity contribution in [3.05, 3.63) is 47.6 Å². The number of rotatable bonds is 4. The zero-order chi connectivity index (χ0) is 14.8. The molecule has 0 atom stereocenters. The van der Waals surface area contributed by atoms with E-state index >= 15 is 0 Å². The normalized spacial score (nSPS) is 10.7. The van der Waals surface area contributed by atoms with E-state index < -0.39 is 5.97 Å². The van der Waals surface area contributed by atoms with Crippen LogP contribution in [0, 0.1) is 0 Å². The monoisotopic (exact) mass is 299 g/mol. The Morgan fingerprint density at radius 3 is 2.71 bits per heavy atom. The maximum Gasteiger partial charge on any atom is 0.308 e. The molecule has 21 heavy (non-hydrogen) atoms. The molecule has 0 radical (unpaired) electrons. The quantitative estimate of drug-likeness (QED) is 0.804. The molecule has 6 heteroatoms. The highest BCUT2D eigenvalue weighted by Crippen LogP contribution is 2.33. The van der Waals surface area contributed by atoms with Crippen molar-refractivity contribution in [2.75, 3.05) is 0 Å². The molecule has 3 rings (SSSR count). The van der Waals surface area contributed by atoms with Crippen LogP contribution in [0.3, 0.4) is 0 Å². The van der Waals surface area contributed by atoms with Crippen LogP contribution in [0.25, 0.3) is 22.1 Å². The van der Waals surface area contributed by atoms with E-state index in [-0.39, 0.29) is 6.42 Å². The molecule has 1 N–H and O–H groups in total. The van der Waals surface area contributed by atoms with Gasteiger partial charge in [-0.15, -0.1) is 11.3 Å². The molecule has 5 nitrogen and oxygen atoms in total. The second-order valence-electron chi connectivity index (χ2n) is 4.59. The molecular weight excluding hydrogens is 286 g/mol. The Bertz CT molecular complexity index is 777. The van der Waals surface area contributed by atoms with Gasteiger partial charge in [0.15, 0.2) is 10.8 Å². The fourth-order valence-electron chi connectivity index (χ4n) is 2.10. The molecule has 0 spiro atoms. The number of aryl methyl sites for hydroxylation is 1. The molecule has 0 aliphatic carbocycles. The van der Waals surface area contributed by atoms with Gasteiger partial charge in [-0.3, -0.25) is 4.79 Å². The van der Waals surface area contributed by atoms with Crippen LogP contribution in [0.5, 0.6) is 0 Å². The molecule has 2 aromatic heterocycles. The molecule has 0 saturated carbocycles. The Morgan fingerprint density at radius 1 is 1.33 bits per heavy atom. The summed E-state index contributed by atoms with van der Waals surface area (Å²) in [6.45, 7) is 0. The van der Waals surface area contributed by atoms with E-state index in [1.54, 1.807) is 6.20 Å². The zero-order valence-corrected chi connectivity index (χ0v) is 12.2. The molecule has 0 saturated heterocycles. The summed E-state index contributed by atoms with van der Waals surface area (Å²) in [6.07, 6.45) is 3.51. The second kappa shape index (κ2) is 5.49. The van der Waals surface area contributed by atoms with E-state index in [1.165, 1.54) is 11.3 Å². The van der Waals surface area contributed by atoms with Gasteiger partial charge >= 0.3 is 5.97 Å². The van der Waals surface area contributed by atoms with Gasteiger partial charge in [0, 0.05) is 29.9 Å². The summed E-state index contributed by atoms with van der Waals surface area (Å²) in [6, 6.07) is 9.62. The van der Waals surface area contributed by atoms with E-state index in [1.807, 2.05) is 48.1 Å². The lowest BCUT2D eigenvalue weighted by Crippen LogP contribution is -1.99. The number of hydrogen-bond acceptors (Lipinski definition) is 4. The summed E-state index contributed by atoms with van der Waals surface area (Å²) in [5, 5.41) is 9.82. The van der Waals surface area contributed by atoms with Crippen LogP contribution < -0.4 is 0 Å². The highest BCUT2D eigenvalue weighted by atomic mass is 32.1. The first kappa shape index (κ1) is 13.5. The number of thiazole rings is 1. The Morgan fingerprint density at radius 2 is 2.10 bits per heavy atom. The maximum absolute atomic E-state index is 11.1. The van der Waals surface area contributed by atoms with Gasteiger partial charge in [-0.1, -0.05) is 30.3 Å². The van der Waals surface area contributed by atoms with Gasteiger partial charge in [0.1, 0.15) is 0 Å². The number of carboxylic acid groups (broad SMARTS) is 1. The molecule has 0 bridgehead atoms. The number of imidazole rings is 1. The number of benzene rings is 1. The summed E-state index contributed by atoms with van der Waals surface area (Å²) in [4.78, 5) is 20.7. The van der Waals surface area contributed by atoms with Crippen LogP contribution in [-0.2, 0) is 18.3 Å². The number of carboxylic acids is 1. The third-order valence-electron chi connectivity index (χ3n) is 3.07. The SMILES string of the molecule is Cn1ccnc1-c1nc(-c2ccccc2)c(CC(=O)O)s1. The Kier molecular flexibility index (Phi) is 3.53. The molecule has 3 aromatic rings. The minimum absolute atomic E-state index is 0.0354. The van der Waals surface area contributed by atoms with Crippen molar-refractivity contribution in [3.63, 3.8) is 0 Å². The highest BCUT2D eigenvalue weighted by Gasteiger charge is 2.18. The van der Waals surface area contributed by atoms with Crippen LogP contribution in [-0.4, -0.2) is 25.6 Å². The molecule has 2 heterocycles. The molecule has 1 aromatic carbocycles. The first-order valence-electron chi connectivity index (χ1n) is 6.40. The first-order valence-corrected chi connectivity index (χ1v) is 7.21. The Hall–Kier alpha value is -2.47. The highest BCUT2D eigenvalue weighted by molar-refractivity contribution is 7.15. The van der Waals surface area contributed by atoms with Gasteiger partial charge < -0.3 is 9.67 Å². The van der Waals surface area contributed by atoms with Crippen molar-refractivity contribution in [1.82, 2.24) is 14.5 Å². The standard InChI is InChI=1S/C15H13N3O2S/c1-18-8-7-16-14(18)15-17-13(10-5-3-2-4-6-10)11(21-15)9-12(19)20/h2-8H,9H2,1H3,(H,19,20). The summed E-state index contributed by atoms with van der Waals surface area (Å²) < 4.78 is 1.87. The van der Waals surface area contributed by atoms with Crippen LogP contribution >= 0.6 is 11.3 Å². The Labute approximate surface area is 125 Å². The van der Waals surface area contributed by atoms with Crippen molar-refractivity contribution < 1.29 is 9.90 Å². The summed E-state index contributed by atoms with van der Waals surface area (Å²) in [5.74, 6) is -0.115. The molecule has 106 valence electrons. The van der Waals surface area contributed by atoms with Crippen molar-refractivity contribution in [2.24, 2.45) is 7.05 Å². The van der Waals surface area contributed by atoms with Crippen molar-refractivity contribution >= 4 is 17.3 Å². The summed E-state index contributed by atoms with van der Waals surface area (Å²) in [7, 11) is 1.89. The second-order valence-corrected chi connectivity index (χ2v) is 5.67. The predicted octanol–water partition coefficient (Wildman–Crippen LogP) is 2.84. The molecule has 0 amide bonds. The lowest BCUT2D eigenvalue weighted by atomic mass is 10.1. The number of carbonyl (C=O) groups is 1. The molecule has 0 fully saturated rings. The van der Waals surface area contributed by atoms with Gasteiger partial charge in [-0.05, 0) is 0 Å². The van der Waals surface area contributed by atoms with Gasteiger partial charge in [0.25, 0.3) is 0 Å². The maximum atomic E-state index is 11.1. The van der Waals surface area contributed by atoms with Crippen LogP contribution in [0.1, 0.15) is 4.88 Å². The number of hydrogen-bond donors (Lipinski definition) is 1. The Balaban J connectivity index is 2.12. The molecule has 0 aliphatic rings. The smallest absolute Gasteiger partial charge is 0.308 e. The minimum atomic E-state index is -0.859. The zero-order valence-electron chi connectivity index (χ0n) is 11.4. The van der Waals surface area contributed by atoms with E-state index in [0.29, 0.717) is 0 Å². The number of nitrogens with zero attached hydrogens (tertiary/aromatic N) is 3. The fraction of sp³-hybridized carbons (Fsp3) is 0.133. The molecule has 0 unspecified atom stereocenters. The van der Waals surface area contributed by atoms with Gasteiger partial charge in [0.2, 0.25) is 0 Å². The van der Waals surface area contributed by atoms with Crippen LogP contribution in [0.2, 0.25) is 0 Å². The third kappa shape index (κ3) is 2.71. The van der Waals surface area contributed by atoms with E-state index in [2.05, 4.69) is 9.97 Å². The van der Waals surface area contributed by atoms with Crippen molar-refractivity contribution in [3.8, 4) is 22.1 Å². The lowest BCUT2D eigenvalue weighted by Gasteiger charge is -1.99. The minimum Gasteiger partial charge on any atom is -0.481 e. The van der Waals surface area contributed by atoms with Crippen molar-refractivity contribution in [2.45, 2.75) is 6.42 Å². The van der Waals surface area contributed by atoms with Crippen LogP contribution in [0.15, 0.2) is 42.7 Å². The number of aliphatic carboxylic acids is 1. The van der Waals surface area contributed by atoms with Crippen LogP contribution in [0.4, 0.5) is 0 Å². The van der Waals surface area contributed by atoms with Gasteiger partial charge in [-0.2, -0.15) is 0 Å². The largest absolute Gasteiger partial charge is 0.481 e. The van der Waals surface area contributed by atoms with E-state index in [9.17, 15) is 4.79 Å². The average Bonchev–Trinajstić information content (AvgIpc) is 3.05. The molecule has 0 aliphatic heterocycles. The topological polar surface area (TPSA) is 68.0 Å². The van der Waals surface area contributed by atoms with Crippen molar-refractivity contribution in [1.29, 1.82) is 0 Å². The summed E-state index contributed by atoms with van der Waals surface area (Å²) >= 11 is 1.38. The lowest BCUT2D eigenvalue weighted by molar-refractivity contribution is -0.136. The van der Waals surface area contributed by atoms with E-state index in [4.69, 9.17) is 5.11 Å². The third-order valence-corrected chi connectivity index (χ3v) is 4.12. The molecular formula is C15H13N3O2S. The number of aromatic nitrogens is 3. The van der Waals surface area contributed by atoms with Gasteiger partial charge in [0.05, 0.1) is 12.1 Å². The summed E-state index contributed by atoms with van der Waals surface area (Å²) in [5.41, 5.74) is 1.64. The first-order chi connectivity index (χ1) is 10.1. The average molecular weight is 299 g/mol. The van der Waals surface area contributed by atoms with Gasteiger partial charge in [-0.25, -0.2) is 9.97 Å².